The highest BCUT2D eigenvalue weighted by Crippen LogP contribution is 2.25. The van der Waals surface area contributed by atoms with E-state index in [2.05, 4.69) is 57.1 Å². The van der Waals surface area contributed by atoms with E-state index in [1.54, 1.807) is 0 Å². The third-order valence-electron chi connectivity index (χ3n) is 3.84. The van der Waals surface area contributed by atoms with Gasteiger partial charge in [-0.2, -0.15) is 0 Å². The van der Waals surface area contributed by atoms with Gasteiger partial charge in [-0.1, -0.05) is 63.9 Å². The fraction of sp³-hybridized carbons (Fsp3) is 0.667. The highest BCUT2D eigenvalue weighted by Gasteiger charge is 2.25. The highest BCUT2D eigenvalue weighted by atomic mass is 35.5. The van der Waals surface area contributed by atoms with E-state index >= 15 is 0 Å². The van der Waals surface area contributed by atoms with Gasteiger partial charge in [0, 0.05) is 30.7 Å². The maximum absolute atomic E-state index is 6.26. The third-order valence-corrected chi connectivity index (χ3v) is 4.21. The summed E-state index contributed by atoms with van der Waals surface area (Å²) in [7, 11) is 2.19. The normalized spacial score (nSPS) is 14.7. The zero-order valence-corrected chi connectivity index (χ0v) is 15.0. The van der Waals surface area contributed by atoms with Crippen LogP contribution in [0.3, 0.4) is 0 Å². The van der Waals surface area contributed by atoms with Crippen LogP contribution in [0.5, 0.6) is 0 Å². The van der Waals surface area contributed by atoms with Crippen LogP contribution in [-0.4, -0.2) is 31.1 Å². The lowest BCUT2D eigenvalue weighted by molar-refractivity contribution is 0.165. The summed E-state index contributed by atoms with van der Waals surface area (Å²) in [5.41, 5.74) is 1.51. The van der Waals surface area contributed by atoms with Crippen molar-refractivity contribution in [3.8, 4) is 0 Å². The second kappa shape index (κ2) is 8.77. The van der Waals surface area contributed by atoms with Gasteiger partial charge < -0.3 is 10.2 Å². The van der Waals surface area contributed by atoms with Crippen molar-refractivity contribution in [2.24, 2.45) is 5.41 Å². The average Bonchev–Trinajstić information content (AvgIpc) is 2.39. The van der Waals surface area contributed by atoms with Crippen LogP contribution in [0.1, 0.15) is 46.1 Å². The Kier molecular flexibility index (Phi) is 7.72. The van der Waals surface area contributed by atoms with Crippen LogP contribution in [0.15, 0.2) is 24.3 Å². The summed E-state index contributed by atoms with van der Waals surface area (Å²) in [5.74, 6) is 0. The molecule has 2 nitrogen and oxygen atoms in total. The Morgan fingerprint density at radius 1 is 1.29 bits per heavy atom. The van der Waals surface area contributed by atoms with Crippen LogP contribution in [-0.2, 0) is 6.54 Å². The lowest BCUT2D eigenvalue weighted by Gasteiger charge is -2.35. The zero-order valence-electron chi connectivity index (χ0n) is 14.2. The van der Waals surface area contributed by atoms with E-state index in [9.17, 15) is 0 Å². The summed E-state index contributed by atoms with van der Waals surface area (Å²) < 4.78 is 0. The molecule has 0 aliphatic rings. The SMILES string of the molecule is CCCC(C)(CNC(C)C)CN(C)Cc1ccccc1Cl. The van der Waals surface area contributed by atoms with Crippen molar-refractivity contribution in [1.82, 2.24) is 10.2 Å². The van der Waals surface area contributed by atoms with Crippen LogP contribution < -0.4 is 5.32 Å². The smallest absolute Gasteiger partial charge is 0.0451 e. The van der Waals surface area contributed by atoms with Crippen molar-refractivity contribution in [2.45, 2.75) is 53.1 Å². The maximum atomic E-state index is 6.26. The molecule has 1 N–H and O–H groups in total. The minimum atomic E-state index is 0.301. The minimum Gasteiger partial charge on any atom is -0.314 e. The lowest BCUT2D eigenvalue weighted by atomic mass is 9.84. The molecular weight excluding hydrogens is 280 g/mol. The largest absolute Gasteiger partial charge is 0.314 e. The van der Waals surface area contributed by atoms with Crippen LogP contribution in [0.2, 0.25) is 5.02 Å². The van der Waals surface area contributed by atoms with E-state index in [1.165, 1.54) is 18.4 Å². The third kappa shape index (κ3) is 6.82. The second-order valence-corrected chi connectivity index (χ2v) is 7.27. The molecule has 1 aromatic carbocycles. The predicted molar refractivity (Wildman–Crippen MR) is 93.9 cm³/mol. The van der Waals surface area contributed by atoms with Crippen molar-refractivity contribution in [1.29, 1.82) is 0 Å². The van der Waals surface area contributed by atoms with E-state index in [-0.39, 0.29) is 0 Å². The fourth-order valence-corrected chi connectivity index (χ4v) is 3.10. The number of nitrogens with one attached hydrogen (secondary N) is 1. The molecule has 3 heteroatoms. The molecule has 0 amide bonds. The van der Waals surface area contributed by atoms with Crippen molar-refractivity contribution in [3.05, 3.63) is 34.9 Å². The van der Waals surface area contributed by atoms with Gasteiger partial charge in [0.05, 0.1) is 0 Å². The molecule has 0 aliphatic carbocycles. The van der Waals surface area contributed by atoms with Gasteiger partial charge in [0.15, 0.2) is 0 Å². The fourth-order valence-electron chi connectivity index (χ4n) is 2.90. The first-order valence-corrected chi connectivity index (χ1v) is 8.39. The molecule has 1 unspecified atom stereocenters. The lowest BCUT2D eigenvalue weighted by Crippen LogP contribution is -2.42. The summed E-state index contributed by atoms with van der Waals surface area (Å²) in [6, 6.07) is 8.66. The Morgan fingerprint density at radius 3 is 2.52 bits per heavy atom. The molecule has 0 saturated carbocycles. The summed E-state index contributed by atoms with van der Waals surface area (Å²) in [6.07, 6.45) is 2.45. The average molecular weight is 311 g/mol. The quantitative estimate of drug-likeness (QED) is 0.718. The number of benzene rings is 1. The van der Waals surface area contributed by atoms with Gasteiger partial charge in [0.1, 0.15) is 0 Å². The van der Waals surface area contributed by atoms with E-state index in [0.717, 1.165) is 24.7 Å². The first-order chi connectivity index (χ1) is 9.86. The van der Waals surface area contributed by atoms with Gasteiger partial charge in [-0.15, -0.1) is 0 Å². The molecule has 1 rings (SSSR count). The van der Waals surface area contributed by atoms with Crippen LogP contribution >= 0.6 is 11.6 Å². The molecule has 1 atom stereocenters. The van der Waals surface area contributed by atoms with E-state index in [0.29, 0.717) is 11.5 Å². The first-order valence-electron chi connectivity index (χ1n) is 8.01. The topological polar surface area (TPSA) is 15.3 Å². The Balaban J connectivity index is 2.63. The van der Waals surface area contributed by atoms with Crippen molar-refractivity contribution < 1.29 is 0 Å². The molecule has 0 radical (unpaired) electrons. The summed E-state index contributed by atoms with van der Waals surface area (Å²) in [4.78, 5) is 2.39. The van der Waals surface area contributed by atoms with Crippen LogP contribution in [0.25, 0.3) is 0 Å². The van der Waals surface area contributed by atoms with E-state index in [1.807, 2.05) is 12.1 Å². The summed E-state index contributed by atoms with van der Waals surface area (Å²) in [5, 5.41) is 4.46. The molecule has 0 spiro atoms. The van der Waals surface area contributed by atoms with Gasteiger partial charge in [0.2, 0.25) is 0 Å². The number of halogens is 1. The summed E-state index contributed by atoms with van der Waals surface area (Å²) >= 11 is 6.26. The van der Waals surface area contributed by atoms with Crippen molar-refractivity contribution in [3.63, 3.8) is 0 Å². The number of rotatable bonds is 9. The molecule has 0 aromatic heterocycles. The molecule has 0 bridgehead atoms. The number of hydrogen-bond acceptors (Lipinski definition) is 2. The second-order valence-electron chi connectivity index (χ2n) is 6.86. The summed E-state index contributed by atoms with van der Waals surface area (Å²) in [6.45, 7) is 12.1. The van der Waals surface area contributed by atoms with Crippen LogP contribution in [0, 0.1) is 5.41 Å². The molecule has 0 aliphatic heterocycles. The molecule has 0 saturated heterocycles. The Hall–Kier alpha value is -0.570. The molecule has 120 valence electrons. The molecule has 0 fully saturated rings. The molecular formula is C18H31ClN2. The Labute approximate surface area is 135 Å². The van der Waals surface area contributed by atoms with Gasteiger partial charge >= 0.3 is 0 Å². The van der Waals surface area contributed by atoms with E-state index < -0.39 is 0 Å². The standard InChI is InChI=1S/C18H31ClN2/c1-6-11-18(4,13-20-15(2)3)14-21(5)12-16-9-7-8-10-17(16)19/h7-10,15,20H,6,11-14H2,1-5H3. The van der Waals surface area contributed by atoms with Gasteiger partial charge in [0.25, 0.3) is 0 Å². The van der Waals surface area contributed by atoms with Crippen LogP contribution in [0.4, 0.5) is 0 Å². The zero-order chi connectivity index (χ0) is 15.9. The Morgan fingerprint density at radius 2 is 1.95 bits per heavy atom. The number of nitrogens with zero attached hydrogens (tertiary/aromatic N) is 1. The van der Waals surface area contributed by atoms with Crippen molar-refractivity contribution in [2.75, 3.05) is 20.1 Å². The first kappa shape index (κ1) is 18.5. The van der Waals surface area contributed by atoms with Gasteiger partial charge in [-0.3, -0.25) is 0 Å². The molecule has 21 heavy (non-hydrogen) atoms. The highest BCUT2D eigenvalue weighted by molar-refractivity contribution is 6.31. The van der Waals surface area contributed by atoms with E-state index in [4.69, 9.17) is 11.6 Å². The maximum Gasteiger partial charge on any atom is 0.0451 e. The molecule has 0 heterocycles. The number of hydrogen-bond donors (Lipinski definition) is 1. The monoisotopic (exact) mass is 310 g/mol. The van der Waals surface area contributed by atoms with Gasteiger partial charge in [-0.25, -0.2) is 0 Å². The Bertz CT molecular complexity index is 419. The molecule has 1 aromatic rings. The minimum absolute atomic E-state index is 0.301. The predicted octanol–water partition coefficient (Wildman–Crippen LogP) is 4.58. The van der Waals surface area contributed by atoms with Crippen molar-refractivity contribution >= 4 is 11.6 Å². The van der Waals surface area contributed by atoms with Gasteiger partial charge in [-0.05, 0) is 30.5 Å².